The number of fused-ring (bicyclic) bond motifs is 2. The first kappa shape index (κ1) is 22.5. The van der Waals surface area contributed by atoms with E-state index in [0.29, 0.717) is 0 Å². The second-order valence-electron chi connectivity index (χ2n) is 5.08. The van der Waals surface area contributed by atoms with Crippen LogP contribution in [0.1, 0.15) is 11.6 Å². The molecule has 0 saturated heterocycles. The van der Waals surface area contributed by atoms with E-state index in [-0.39, 0.29) is 16.8 Å². The van der Waals surface area contributed by atoms with Crippen LogP contribution < -0.4 is 0 Å². The Morgan fingerprint density at radius 3 is 1.41 bits per heavy atom. The van der Waals surface area contributed by atoms with E-state index in [1.807, 2.05) is 48.5 Å². The smallest absolute Gasteiger partial charge is 0.753 e. The molecule has 9 heteroatoms. The van der Waals surface area contributed by atoms with E-state index < -0.39 is 0 Å². The molecule has 4 aromatic rings. The quantitative estimate of drug-likeness (QED) is 0.363. The number of aryl methyl sites for hydroxylation is 2. The molecule has 2 heterocycles. The molecule has 0 bridgehead atoms. The predicted octanol–water partition coefficient (Wildman–Crippen LogP) is 4.54. The number of nitrogens with one attached hydrogen (secondary N) is 2. The second-order valence-corrected chi connectivity index (χ2v) is 5.45. The zero-order valence-electron chi connectivity index (χ0n) is 14.0. The third kappa shape index (κ3) is 6.61. The van der Waals surface area contributed by atoms with Gasteiger partial charge < -0.3 is 20.8 Å². The SMILES string of the molecule is [Co+2].[N-]=C=S.[N-]=C=S.c1ccc2[nH]c(CCc3nc4ccccc4[nH]3)nc2c1. The van der Waals surface area contributed by atoms with E-state index >= 15 is 0 Å². The molecule has 0 atom stereocenters. The molecule has 1 radical (unpaired) electrons. The summed E-state index contributed by atoms with van der Waals surface area (Å²) in [5, 5.41) is 16.9. The number of rotatable bonds is 3. The standard InChI is InChI=1S/C16H14N4.2CNS.Co/c1-2-6-12-11(5-1)17-15(18-12)9-10-16-19-13-7-3-4-8-14(13)20-16;2*2-1-3;/h1-8H,9-10H2,(H,17,18)(H,19,20);;;/q;2*-1;+2. The number of aromatic amines is 2. The van der Waals surface area contributed by atoms with Gasteiger partial charge in [0.15, 0.2) is 0 Å². The van der Waals surface area contributed by atoms with Gasteiger partial charge in [0.25, 0.3) is 0 Å². The van der Waals surface area contributed by atoms with Crippen molar-refractivity contribution in [2.45, 2.75) is 12.8 Å². The van der Waals surface area contributed by atoms with Crippen LogP contribution >= 0.6 is 24.4 Å². The minimum absolute atomic E-state index is 0. The average molecular weight is 437 g/mol. The number of nitrogens with zero attached hydrogens (tertiary/aromatic N) is 4. The van der Waals surface area contributed by atoms with E-state index in [1.54, 1.807) is 0 Å². The van der Waals surface area contributed by atoms with Crippen LogP contribution in [-0.4, -0.2) is 30.3 Å². The first-order valence-electron chi connectivity index (χ1n) is 7.61. The van der Waals surface area contributed by atoms with Crippen molar-refractivity contribution in [2.24, 2.45) is 0 Å². The molecule has 0 aliphatic rings. The molecule has 0 fully saturated rings. The number of isothiocyanates is 2. The third-order valence-corrected chi connectivity index (χ3v) is 3.48. The average Bonchev–Trinajstić information content (AvgIpc) is 3.24. The fourth-order valence-corrected chi connectivity index (χ4v) is 2.48. The molecule has 2 N–H and O–H groups in total. The third-order valence-electron chi connectivity index (χ3n) is 3.48. The molecule has 27 heavy (non-hydrogen) atoms. The van der Waals surface area contributed by atoms with E-state index in [2.05, 4.69) is 44.4 Å². The zero-order chi connectivity index (χ0) is 18.8. The van der Waals surface area contributed by atoms with Crippen LogP contribution in [0.25, 0.3) is 32.9 Å². The van der Waals surface area contributed by atoms with E-state index in [0.717, 1.165) is 46.6 Å². The van der Waals surface area contributed by atoms with Crippen LogP contribution in [0.15, 0.2) is 48.5 Å². The van der Waals surface area contributed by atoms with Gasteiger partial charge >= 0.3 is 16.8 Å². The summed E-state index contributed by atoms with van der Waals surface area (Å²) >= 11 is 7.40. The molecule has 6 nitrogen and oxygen atoms in total. The largest absolute Gasteiger partial charge is 2.00 e. The summed E-state index contributed by atoms with van der Waals surface area (Å²) < 4.78 is 0. The van der Waals surface area contributed by atoms with Crippen LogP contribution in [0.4, 0.5) is 0 Å². The number of hydrogen-bond donors (Lipinski definition) is 2. The monoisotopic (exact) mass is 437 g/mol. The van der Waals surface area contributed by atoms with Crippen molar-refractivity contribution in [3.05, 3.63) is 71.0 Å². The summed E-state index contributed by atoms with van der Waals surface area (Å²) in [5.41, 5.74) is 4.22. The van der Waals surface area contributed by atoms with E-state index in [1.165, 1.54) is 10.3 Å². The maximum absolute atomic E-state index is 7.13. The summed E-state index contributed by atoms with van der Waals surface area (Å²) in [4.78, 5) is 15.9. The zero-order valence-corrected chi connectivity index (χ0v) is 16.6. The summed E-state index contributed by atoms with van der Waals surface area (Å²) in [7, 11) is 0. The molecule has 0 aliphatic heterocycles. The molecule has 0 spiro atoms. The summed E-state index contributed by atoms with van der Waals surface area (Å²) in [6, 6.07) is 16.2. The Bertz CT molecular complexity index is 908. The maximum atomic E-state index is 7.13. The van der Waals surface area contributed by atoms with Gasteiger partial charge in [-0.05, 0) is 24.3 Å². The molecular weight excluding hydrogens is 423 g/mol. The van der Waals surface area contributed by atoms with Gasteiger partial charge in [-0.25, -0.2) is 9.97 Å². The first-order valence-corrected chi connectivity index (χ1v) is 8.43. The minimum atomic E-state index is 0. The Kier molecular flexibility index (Phi) is 9.99. The number of thiocarbonyl (C=S) groups is 2. The molecular formula is C18H14CoN6S2. The molecule has 4 rings (SSSR count). The minimum Gasteiger partial charge on any atom is -0.753 e. The second kappa shape index (κ2) is 12.0. The van der Waals surface area contributed by atoms with E-state index in [9.17, 15) is 0 Å². The number of aromatic nitrogens is 4. The van der Waals surface area contributed by atoms with Gasteiger partial charge in [-0.2, -0.15) is 10.3 Å². The van der Waals surface area contributed by atoms with Crippen molar-refractivity contribution >= 4 is 56.8 Å². The molecule has 0 amide bonds. The molecule has 137 valence electrons. The number of hydrogen-bond acceptors (Lipinski definition) is 4. The number of H-pyrrole nitrogens is 2. The van der Waals surface area contributed by atoms with Crippen LogP contribution in [0, 0.1) is 0 Å². The number of para-hydroxylation sites is 4. The molecule has 2 aromatic carbocycles. The molecule has 0 aliphatic carbocycles. The predicted molar refractivity (Wildman–Crippen MR) is 112 cm³/mol. The van der Waals surface area contributed by atoms with Crippen LogP contribution in [0.3, 0.4) is 0 Å². The van der Waals surface area contributed by atoms with Gasteiger partial charge in [0.1, 0.15) is 11.6 Å². The van der Waals surface area contributed by atoms with Crippen molar-refractivity contribution in [1.82, 2.24) is 19.9 Å². The van der Waals surface area contributed by atoms with Gasteiger partial charge in [-0.3, -0.25) is 0 Å². The Hall–Kier alpha value is -2.51. The number of benzene rings is 2. The van der Waals surface area contributed by atoms with Crippen LogP contribution in [0.2, 0.25) is 0 Å². The van der Waals surface area contributed by atoms with Crippen molar-refractivity contribution in [1.29, 1.82) is 0 Å². The molecule has 2 aromatic heterocycles. The van der Waals surface area contributed by atoms with Crippen molar-refractivity contribution in [2.75, 3.05) is 0 Å². The van der Waals surface area contributed by atoms with Gasteiger partial charge in [0, 0.05) is 12.8 Å². The molecule has 0 unspecified atom stereocenters. The number of imidazole rings is 2. The van der Waals surface area contributed by atoms with Gasteiger partial charge in [0.05, 0.1) is 22.1 Å². The summed E-state index contributed by atoms with van der Waals surface area (Å²) in [6.07, 6.45) is 1.71. The normalized spacial score (nSPS) is 9.04. The summed E-state index contributed by atoms with van der Waals surface area (Å²) in [5.74, 6) is 2.01. The molecule has 0 saturated carbocycles. The van der Waals surface area contributed by atoms with Gasteiger partial charge in [-0.15, -0.1) is 0 Å². The van der Waals surface area contributed by atoms with Crippen molar-refractivity contribution in [3.63, 3.8) is 0 Å². The Morgan fingerprint density at radius 1 is 0.741 bits per heavy atom. The Labute approximate surface area is 177 Å². The van der Waals surface area contributed by atoms with Gasteiger partial charge in [-0.1, -0.05) is 48.7 Å². The fourth-order valence-electron chi connectivity index (χ4n) is 2.48. The Balaban J connectivity index is 0.000000466. The first-order chi connectivity index (χ1) is 12.7. The van der Waals surface area contributed by atoms with Crippen LogP contribution in [0.5, 0.6) is 0 Å². The van der Waals surface area contributed by atoms with Crippen molar-refractivity contribution < 1.29 is 16.8 Å². The fraction of sp³-hybridized carbons (Fsp3) is 0.111. The topological polar surface area (TPSA) is 102 Å². The summed E-state index contributed by atoms with van der Waals surface area (Å²) in [6.45, 7) is 0. The maximum Gasteiger partial charge on any atom is 2.00 e. The van der Waals surface area contributed by atoms with Crippen LogP contribution in [-0.2, 0) is 29.6 Å². The van der Waals surface area contributed by atoms with Crippen molar-refractivity contribution in [3.8, 4) is 0 Å². The van der Waals surface area contributed by atoms with Gasteiger partial charge in [0.2, 0.25) is 0 Å². The van der Waals surface area contributed by atoms with E-state index in [4.69, 9.17) is 10.8 Å². The Morgan fingerprint density at radius 2 is 1.07 bits per heavy atom.